The van der Waals surface area contributed by atoms with E-state index in [-0.39, 0.29) is 5.97 Å². The number of carbonyl (C=O) groups excluding carboxylic acids is 2. The lowest BCUT2D eigenvalue weighted by Crippen LogP contribution is -2.48. The molecule has 0 radical (unpaired) electrons. The van der Waals surface area contributed by atoms with E-state index in [0.29, 0.717) is 24.8 Å². The first-order valence-electron chi connectivity index (χ1n) is 15.1. The van der Waals surface area contributed by atoms with Crippen molar-refractivity contribution < 1.29 is 24.1 Å². The predicted molar refractivity (Wildman–Crippen MR) is 172 cm³/mol. The Morgan fingerprint density at radius 3 is 2.30 bits per heavy atom. The topological polar surface area (TPSA) is 84.9 Å². The van der Waals surface area contributed by atoms with Crippen LogP contribution in [0.3, 0.4) is 0 Å². The van der Waals surface area contributed by atoms with Crippen LogP contribution in [0, 0.1) is 5.41 Å². The largest absolute Gasteiger partial charge is 0.465 e. The molecule has 7 heteroatoms. The van der Waals surface area contributed by atoms with Gasteiger partial charge in [0.25, 0.3) is 0 Å². The number of benzene rings is 4. The molecule has 2 aliphatic rings. The van der Waals surface area contributed by atoms with E-state index in [1.54, 1.807) is 19.0 Å². The Morgan fingerprint density at radius 1 is 0.909 bits per heavy atom. The van der Waals surface area contributed by atoms with Gasteiger partial charge in [-0.05, 0) is 78.0 Å². The molecule has 0 spiro atoms. The Labute approximate surface area is 258 Å². The van der Waals surface area contributed by atoms with E-state index in [1.165, 1.54) is 23.8 Å². The average Bonchev–Trinajstić information content (AvgIpc) is 3.61. The third kappa shape index (κ3) is 5.98. The van der Waals surface area contributed by atoms with Crippen LogP contribution in [0.1, 0.15) is 49.8 Å². The van der Waals surface area contributed by atoms with Gasteiger partial charge in [0.2, 0.25) is 0 Å². The standard InChI is InChI=1S/C37H36BNO5/c1-38(42)39-33(20-25-10-4-3-5-11-25)36(41)44-34-32-15-9-8-14-30(32)24-37(34,31-21-28-12-6-7-13-29(28)22-31)23-26-16-18-27(19-17-26)35(40)43-2/h3-19,21,33-34,39,42H,20,22-24H2,1-2H3/t33-,34?,37?/m1/s1. The van der Waals surface area contributed by atoms with E-state index in [1.807, 2.05) is 60.7 Å². The van der Waals surface area contributed by atoms with Gasteiger partial charge in [0, 0.05) is 5.41 Å². The molecule has 2 aliphatic carbocycles. The Morgan fingerprint density at radius 2 is 1.59 bits per heavy atom. The first-order valence-corrected chi connectivity index (χ1v) is 15.1. The maximum Gasteiger partial charge on any atom is 0.374 e. The third-order valence-electron chi connectivity index (χ3n) is 8.89. The van der Waals surface area contributed by atoms with E-state index >= 15 is 0 Å². The minimum Gasteiger partial charge on any atom is -0.465 e. The molecule has 0 aliphatic heterocycles. The Bertz CT molecular complexity index is 1680. The summed E-state index contributed by atoms with van der Waals surface area (Å²) in [6.45, 7) is 1.61. The van der Waals surface area contributed by atoms with Crippen molar-refractivity contribution in [2.45, 2.75) is 44.7 Å². The highest BCUT2D eigenvalue weighted by atomic mass is 16.5. The SMILES string of the molecule is COC(=O)c1ccc(CC2(C3=Cc4ccccc4C3)Cc3ccccc3C2OC(=O)[C@@H](Cc2ccccc2)NB(C)O)cc1. The zero-order valence-electron chi connectivity index (χ0n) is 25.0. The van der Waals surface area contributed by atoms with Crippen molar-refractivity contribution in [2.24, 2.45) is 5.41 Å². The molecule has 0 aromatic heterocycles. The van der Waals surface area contributed by atoms with Crippen LogP contribution < -0.4 is 5.23 Å². The van der Waals surface area contributed by atoms with E-state index in [9.17, 15) is 14.6 Å². The lowest BCUT2D eigenvalue weighted by atomic mass is 9.70. The van der Waals surface area contributed by atoms with Gasteiger partial charge in [-0.25, -0.2) is 4.79 Å². The molecule has 0 bridgehead atoms. The first-order chi connectivity index (χ1) is 21.4. The molecule has 0 saturated carbocycles. The Balaban J connectivity index is 1.41. The Kier molecular flexibility index (Phi) is 8.51. The number of ether oxygens (including phenoxy) is 2. The third-order valence-corrected chi connectivity index (χ3v) is 8.89. The van der Waals surface area contributed by atoms with Gasteiger partial charge in [-0.2, -0.15) is 0 Å². The van der Waals surface area contributed by atoms with E-state index in [4.69, 9.17) is 9.47 Å². The highest BCUT2D eigenvalue weighted by molar-refractivity contribution is 6.46. The van der Waals surface area contributed by atoms with Crippen LogP contribution in [0.25, 0.3) is 6.08 Å². The molecule has 44 heavy (non-hydrogen) atoms. The van der Waals surface area contributed by atoms with Gasteiger partial charge in [-0.15, -0.1) is 0 Å². The minimum absolute atomic E-state index is 0.379. The molecule has 3 atom stereocenters. The van der Waals surface area contributed by atoms with E-state index in [0.717, 1.165) is 28.7 Å². The van der Waals surface area contributed by atoms with Gasteiger partial charge >= 0.3 is 19.0 Å². The quantitative estimate of drug-likeness (QED) is 0.181. The van der Waals surface area contributed by atoms with Gasteiger partial charge in [0.1, 0.15) is 12.1 Å². The smallest absolute Gasteiger partial charge is 0.374 e. The van der Waals surface area contributed by atoms with Crippen molar-refractivity contribution in [2.75, 3.05) is 7.11 Å². The number of nitrogens with one attached hydrogen (secondary N) is 1. The zero-order valence-corrected chi connectivity index (χ0v) is 25.0. The summed E-state index contributed by atoms with van der Waals surface area (Å²) in [5.74, 6) is -0.784. The second kappa shape index (κ2) is 12.6. The number of esters is 2. The molecule has 0 amide bonds. The summed E-state index contributed by atoms with van der Waals surface area (Å²) in [5, 5.41) is 13.3. The fourth-order valence-corrected chi connectivity index (χ4v) is 6.80. The predicted octanol–water partition coefficient (Wildman–Crippen LogP) is 5.79. The number of hydrogen-bond donors (Lipinski definition) is 2. The van der Waals surface area contributed by atoms with Crippen LogP contribution in [0.4, 0.5) is 0 Å². The van der Waals surface area contributed by atoms with E-state index < -0.39 is 30.6 Å². The van der Waals surface area contributed by atoms with Crippen LogP contribution in [0.2, 0.25) is 6.82 Å². The van der Waals surface area contributed by atoms with E-state index in [2.05, 4.69) is 41.6 Å². The highest BCUT2D eigenvalue weighted by Gasteiger charge is 2.52. The second-order valence-corrected chi connectivity index (χ2v) is 11.8. The van der Waals surface area contributed by atoms with Crippen molar-refractivity contribution in [1.82, 2.24) is 5.23 Å². The summed E-state index contributed by atoms with van der Waals surface area (Å²) in [6, 6.07) is 33.1. The molecule has 2 N–H and O–H groups in total. The molecule has 0 saturated heterocycles. The second-order valence-electron chi connectivity index (χ2n) is 11.8. The number of rotatable bonds is 10. The molecule has 222 valence electrons. The normalized spacial score (nSPS) is 19.0. The molecule has 0 fully saturated rings. The van der Waals surface area contributed by atoms with Gasteiger partial charge < -0.3 is 19.7 Å². The molecule has 2 unspecified atom stereocenters. The number of hydrogen-bond acceptors (Lipinski definition) is 6. The highest BCUT2D eigenvalue weighted by Crippen LogP contribution is 2.56. The summed E-state index contributed by atoms with van der Waals surface area (Å²) in [4.78, 5) is 26.3. The van der Waals surface area contributed by atoms with Gasteiger partial charge in [0.15, 0.2) is 0 Å². The number of carbonyl (C=O) groups is 2. The molecule has 0 heterocycles. The maximum atomic E-state index is 14.1. The molecule has 4 aromatic carbocycles. The summed E-state index contributed by atoms with van der Waals surface area (Å²) in [7, 11) is 0.485. The average molecular weight is 586 g/mol. The molecule has 6 nitrogen and oxygen atoms in total. The summed E-state index contributed by atoms with van der Waals surface area (Å²) >= 11 is 0. The molecule has 4 aromatic rings. The van der Waals surface area contributed by atoms with Crippen molar-refractivity contribution in [3.63, 3.8) is 0 Å². The Hall–Kier alpha value is -4.46. The van der Waals surface area contributed by atoms with Gasteiger partial charge in [-0.1, -0.05) is 103 Å². The zero-order chi connectivity index (χ0) is 30.7. The number of methoxy groups -OCH3 is 1. The number of fused-ring (bicyclic) bond motifs is 2. The minimum atomic E-state index is -0.891. The first kappa shape index (κ1) is 29.6. The maximum absolute atomic E-state index is 14.1. The van der Waals surface area contributed by atoms with Gasteiger partial charge in [0.05, 0.1) is 12.7 Å². The van der Waals surface area contributed by atoms with Crippen LogP contribution in [-0.2, 0) is 40.0 Å². The van der Waals surface area contributed by atoms with Crippen molar-refractivity contribution in [3.8, 4) is 0 Å². The van der Waals surface area contributed by atoms with Gasteiger partial charge in [-0.3, -0.25) is 4.79 Å². The fourth-order valence-electron chi connectivity index (χ4n) is 6.80. The lowest BCUT2D eigenvalue weighted by Gasteiger charge is -2.38. The van der Waals surface area contributed by atoms with Crippen molar-refractivity contribution in [3.05, 3.63) is 148 Å². The van der Waals surface area contributed by atoms with Crippen LogP contribution >= 0.6 is 0 Å². The summed E-state index contributed by atoms with van der Waals surface area (Å²) < 4.78 is 11.5. The van der Waals surface area contributed by atoms with Crippen LogP contribution in [0.5, 0.6) is 0 Å². The fraction of sp³-hybridized carbons (Fsp3) is 0.243. The summed E-state index contributed by atoms with van der Waals surface area (Å²) in [6.07, 6.45) is 4.16. The van der Waals surface area contributed by atoms with Crippen molar-refractivity contribution in [1.29, 1.82) is 0 Å². The summed E-state index contributed by atoms with van der Waals surface area (Å²) in [5.41, 5.74) is 7.73. The van der Waals surface area contributed by atoms with Crippen LogP contribution in [0.15, 0.2) is 109 Å². The molecule has 6 rings (SSSR count). The lowest BCUT2D eigenvalue weighted by molar-refractivity contribution is -0.157. The molecular weight excluding hydrogens is 549 g/mol. The van der Waals surface area contributed by atoms with Crippen molar-refractivity contribution >= 4 is 25.1 Å². The van der Waals surface area contributed by atoms with Crippen LogP contribution in [-0.4, -0.2) is 37.2 Å². The molecular formula is C37H36BNO5. The monoisotopic (exact) mass is 585 g/mol.